The Labute approximate surface area is 271 Å². The number of rotatable bonds is 11. The van der Waals surface area contributed by atoms with Gasteiger partial charge in [-0.2, -0.15) is 0 Å². The summed E-state index contributed by atoms with van der Waals surface area (Å²) in [6.07, 6.45) is 7.61. The second-order valence-electron chi connectivity index (χ2n) is 13.0. The Balaban J connectivity index is 1.30. The number of aromatic nitrogens is 2. The lowest BCUT2D eigenvalue weighted by atomic mass is 9.79. The Morgan fingerprint density at radius 3 is 2.46 bits per heavy atom. The van der Waals surface area contributed by atoms with Gasteiger partial charge in [-0.05, 0) is 88.5 Å². The number of oxazole rings is 1. The molecule has 248 valence electrons. The van der Waals surface area contributed by atoms with Gasteiger partial charge in [-0.25, -0.2) is 9.78 Å². The number of nitrogens with zero attached hydrogens (tertiary/aromatic N) is 3. The summed E-state index contributed by atoms with van der Waals surface area (Å²) in [6.45, 7) is 6.76. The first-order valence-electron chi connectivity index (χ1n) is 16.7. The highest BCUT2D eigenvalue weighted by Gasteiger charge is 2.34. The van der Waals surface area contributed by atoms with Gasteiger partial charge in [0.25, 0.3) is 0 Å². The average Bonchev–Trinajstić information content (AvgIpc) is 3.58. The van der Waals surface area contributed by atoms with Crippen LogP contribution in [0.4, 0.5) is 10.5 Å². The number of ether oxygens (including phenoxy) is 2. The molecule has 2 aliphatic carbocycles. The molecule has 46 heavy (non-hydrogen) atoms. The Hall–Kier alpha value is -3.92. The number of hydrogen-bond acceptors (Lipinski definition) is 8. The van der Waals surface area contributed by atoms with Gasteiger partial charge in [0.15, 0.2) is 5.89 Å². The fourth-order valence-corrected chi connectivity index (χ4v) is 6.75. The molecule has 2 aromatic heterocycles. The van der Waals surface area contributed by atoms with E-state index in [1.165, 1.54) is 0 Å². The van der Waals surface area contributed by atoms with Crippen LogP contribution in [0.15, 0.2) is 47.1 Å². The zero-order valence-corrected chi connectivity index (χ0v) is 27.5. The molecular weight excluding hydrogens is 584 g/mol. The fraction of sp³-hybridized carbons (Fsp3) is 0.556. The molecule has 10 heteroatoms. The first kappa shape index (κ1) is 33.4. The van der Waals surface area contributed by atoms with Crippen molar-refractivity contribution in [2.24, 2.45) is 11.8 Å². The first-order valence-corrected chi connectivity index (χ1v) is 16.7. The molecular formula is C36H48N4O6. The number of aryl methyl sites for hydroxylation is 1. The number of carbonyl (C=O) groups excluding carboxylic acids is 2. The summed E-state index contributed by atoms with van der Waals surface area (Å²) in [5.74, 6) is 2.44. The van der Waals surface area contributed by atoms with Crippen molar-refractivity contribution in [3.63, 3.8) is 0 Å². The summed E-state index contributed by atoms with van der Waals surface area (Å²) in [6, 6.07) is 12.2. The maximum atomic E-state index is 14.3. The van der Waals surface area contributed by atoms with Crippen molar-refractivity contribution < 1.29 is 28.6 Å². The third-order valence-electron chi connectivity index (χ3n) is 9.40. The molecule has 0 radical (unpaired) electrons. The molecule has 0 bridgehead atoms. The molecule has 5 rings (SSSR count). The van der Waals surface area contributed by atoms with Gasteiger partial charge in [-0.15, -0.1) is 0 Å². The smallest absolute Gasteiger partial charge is 0.407 e. The SMILES string of the molecule is COc1ccc(C2CCC(CN(C(=O)C3CCC(OC(=O)NCCO)CC3)c3cccc(-c4coc(C(C)C)n4)c3)CC2)nc1C. The minimum Gasteiger partial charge on any atom is -0.495 e. The summed E-state index contributed by atoms with van der Waals surface area (Å²) in [7, 11) is 1.67. The number of methoxy groups -OCH3 is 1. The molecule has 2 aliphatic rings. The highest BCUT2D eigenvalue weighted by Crippen LogP contribution is 2.38. The molecule has 3 aromatic rings. The number of alkyl carbamates (subject to hydrolysis) is 1. The van der Waals surface area contributed by atoms with Gasteiger partial charge in [0.2, 0.25) is 5.91 Å². The van der Waals surface area contributed by atoms with Crippen molar-refractivity contribution in [3.8, 4) is 17.0 Å². The lowest BCUT2D eigenvalue weighted by Crippen LogP contribution is -2.42. The van der Waals surface area contributed by atoms with Crippen LogP contribution in [0.25, 0.3) is 11.3 Å². The molecule has 2 fully saturated rings. The number of hydrogen-bond donors (Lipinski definition) is 2. The number of aliphatic hydroxyl groups excluding tert-OH is 1. The van der Waals surface area contributed by atoms with E-state index in [1.807, 2.05) is 49.9 Å². The van der Waals surface area contributed by atoms with Gasteiger partial charge in [0, 0.05) is 47.8 Å². The van der Waals surface area contributed by atoms with E-state index < -0.39 is 6.09 Å². The molecule has 0 unspecified atom stereocenters. The molecule has 2 heterocycles. The molecule has 2 N–H and O–H groups in total. The number of anilines is 1. The minimum atomic E-state index is -0.522. The second-order valence-corrected chi connectivity index (χ2v) is 13.0. The maximum absolute atomic E-state index is 14.3. The van der Waals surface area contributed by atoms with Crippen LogP contribution in [0.1, 0.15) is 94.3 Å². The van der Waals surface area contributed by atoms with Crippen LogP contribution in [0.3, 0.4) is 0 Å². The van der Waals surface area contributed by atoms with E-state index in [1.54, 1.807) is 13.4 Å². The number of nitrogens with one attached hydrogen (secondary N) is 1. The Morgan fingerprint density at radius 1 is 1.04 bits per heavy atom. The van der Waals surface area contributed by atoms with Crippen LogP contribution in [-0.4, -0.2) is 60.0 Å². The van der Waals surface area contributed by atoms with Crippen LogP contribution < -0.4 is 15.0 Å². The van der Waals surface area contributed by atoms with Crippen LogP contribution in [0.5, 0.6) is 5.75 Å². The number of amides is 2. The Kier molecular flexibility index (Phi) is 11.3. The van der Waals surface area contributed by atoms with Crippen molar-refractivity contribution in [2.75, 3.05) is 31.7 Å². The Morgan fingerprint density at radius 2 is 1.80 bits per heavy atom. The van der Waals surface area contributed by atoms with Gasteiger partial charge in [-0.3, -0.25) is 9.78 Å². The van der Waals surface area contributed by atoms with Crippen molar-refractivity contribution in [2.45, 2.75) is 90.1 Å². The fourth-order valence-electron chi connectivity index (χ4n) is 6.75. The largest absolute Gasteiger partial charge is 0.495 e. The summed E-state index contributed by atoms with van der Waals surface area (Å²) < 4.78 is 16.6. The number of benzene rings is 1. The van der Waals surface area contributed by atoms with Crippen LogP contribution >= 0.6 is 0 Å². The first-order chi connectivity index (χ1) is 22.2. The lowest BCUT2D eigenvalue weighted by Gasteiger charge is -2.36. The summed E-state index contributed by atoms with van der Waals surface area (Å²) >= 11 is 0. The predicted octanol–water partition coefficient (Wildman–Crippen LogP) is 6.76. The molecule has 0 atom stereocenters. The predicted molar refractivity (Wildman–Crippen MR) is 176 cm³/mol. The van der Waals surface area contributed by atoms with Crippen LogP contribution in [0.2, 0.25) is 0 Å². The van der Waals surface area contributed by atoms with Crippen molar-refractivity contribution in [3.05, 3.63) is 59.9 Å². The van der Waals surface area contributed by atoms with E-state index in [0.29, 0.717) is 50.0 Å². The third-order valence-corrected chi connectivity index (χ3v) is 9.40. The molecule has 0 spiro atoms. The molecule has 0 aliphatic heterocycles. The number of pyridine rings is 1. The highest BCUT2D eigenvalue weighted by molar-refractivity contribution is 5.95. The van der Waals surface area contributed by atoms with Gasteiger partial charge < -0.3 is 29.2 Å². The zero-order valence-electron chi connectivity index (χ0n) is 27.5. The quantitative estimate of drug-likeness (QED) is 0.237. The van der Waals surface area contributed by atoms with Crippen molar-refractivity contribution in [1.82, 2.24) is 15.3 Å². The molecule has 2 saturated carbocycles. The van der Waals surface area contributed by atoms with E-state index in [9.17, 15) is 9.59 Å². The summed E-state index contributed by atoms with van der Waals surface area (Å²) in [5.41, 5.74) is 4.58. The van der Waals surface area contributed by atoms with E-state index in [-0.39, 0.29) is 37.0 Å². The van der Waals surface area contributed by atoms with Crippen LogP contribution in [0, 0.1) is 18.8 Å². The van der Waals surface area contributed by atoms with Crippen molar-refractivity contribution >= 4 is 17.7 Å². The lowest BCUT2D eigenvalue weighted by molar-refractivity contribution is -0.124. The number of carbonyl (C=O) groups is 2. The van der Waals surface area contributed by atoms with Gasteiger partial charge in [0.05, 0.1) is 19.4 Å². The second kappa shape index (κ2) is 15.6. The standard InChI is InChI=1S/C36H48N4O6/c1-23(2)34-39-32(22-45-34)28-6-5-7-29(20-28)40(35(42)27-12-14-30(15-13-27)46-36(43)37-18-19-41)21-25-8-10-26(11-9-25)31-16-17-33(44-4)24(3)38-31/h5-7,16-17,20,22-23,25-27,30,41H,8-15,18-19,21H2,1-4H3,(H,37,43). The molecule has 2 amide bonds. The average molecular weight is 633 g/mol. The summed E-state index contributed by atoms with van der Waals surface area (Å²) in [4.78, 5) is 37.8. The zero-order chi connectivity index (χ0) is 32.6. The third kappa shape index (κ3) is 8.26. The molecule has 0 saturated heterocycles. The minimum absolute atomic E-state index is 0.123. The van der Waals surface area contributed by atoms with Crippen molar-refractivity contribution in [1.29, 1.82) is 0 Å². The van der Waals surface area contributed by atoms with E-state index >= 15 is 0 Å². The normalized spacial score (nSPS) is 21.5. The van der Waals surface area contributed by atoms with E-state index in [0.717, 1.165) is 59.8 Å². The van der Waals surface area contributed by atoms with Gasteiger partial charge in [-0.1, -0.05) is 26.0 Å². The van der Waals surface area contributed by atoms with Gasteiger partial charge in [0.1, 0.15) is 23.8 Å². The van der Waals surface area contributed by atoms with E-state index in [4.69, 9.17) is 29.0 Å². The highest BCUT2D eigenvalue weighted by atomic mass is 16.6. The number of aliphatic hydroxyl groups is 1. The molecule has 10 nitrogen and oxygen atoms in total. The Bertz CT molecular complexity index is 1460. The molecule has 1 aromatic carbocycles. The maximum Gasteiger partial charge on any atom is 0.407 e. The topological polar surface area (TPSA) is 127 Å². The van der Waals surface area contributed by atoms with Gasteiger partial charge >= 0.3 is 6.09 Å². The van der Waals surface area contributed by atoms with E-state index in [2.05, 4.69) is 17.4 Å². The summed E-state index contributed by atoms with van der Waals surface area (Å²) in [5, 5.41) is 11.5. The monoisotopic (exact) mass is 632 g/mol. The van der Waals surface area contributed by atoms with Crippen LogP contribution in [-0.2, 0) is 9.53 Å².